The fraction of sp³-hybridized carbons (Fsp3) is 0.500. The summed E-state index contributed by atoms with van der Waals surface area (Å²) in [6.45, 7) is 3.74. The standard InChI is InChI=1S/C34H37F7N4O6S/c1-20-16-23(28(46)44-11-7-31(3,48)8-12-44)17-21(2)24(20)6-15-52(49,50)45-13-9-32(10-14-45)30(47)42-27(43-32)22-4-5-25(34(39,40)41)26(18-22)51-19-33(37,38)29(35)36/h4-6,15-18,29,48H,7-14,19H2,1-3H3,(H,42,43,47). The van der Waals surface area contributed by atoms with E-state index < -0.39 is 63.5 Å². The maximum absolute atomic E-state index is 13.5. The van der Waals surface area contributed by atoms with Crippen molar-refractivity contribution in [3.8, 4) is 5.75 Å². The number of likely N-dealkylation sites (tertiary alicyclic amines) is 1. The molecule has 2 aromatic carbocycles. The Morgan fingerprint density at radius 3 is 2.17 bits per heavy atom. The number of amidine groups is 1. The van der Waals surface area contributed by atoms with E-state index in [9.17, 15) is 53.8 Å². The molecule has 5 rings (SSSR count). The van der Waals surface area contributed by atoms with Crippen LogP contribution in [0.2, 0.25) is 0 Å². The molecular weight excluding hydrogens is 725 g/mol. The van der Waals surface area contributed by atoms with Crippen LogP contribution >= 0.6 is 0 Å². The van der Waals surface area contributed by atoms with Crippen LogP contribution in [0.5, 0.6) is 5.75 Å². The van der Waals surface area contributed by atoms with Gasteiger partial charge in [-0.1, -0.05) is 6.07 Å². The Labute approximate surface area is 295 Å². The van der Waals surface area contributed by atoms with Gasteiger partial charge < -0.3 is 20.1 Å². The van der Waals surface area contributed by atoms with Crippen LogP contribution in [-0.4, -0.2) is 96.7 Å². The number of hydrogen-bond donors (Lipinski definition) is 2. The molecule has 3 heterocycles. The lowest BCUT2D eigenvalue weighted by Gasteiger charge is -2.36. The number of sulfonamides is 1. The van der Waals surface area contributed by atoms with Crippen molar-refractivity contribution in [2.24, 2.45) is 4.99 Å². The van der Waals surface area contributed by atoms with Gasteiger partial charge in [0, 0.05) is 42.7 Å². The van der Waals surface area contributed by atoms with Crippen molar-refractivity contribution >= 4 is 33.7 Å². The number of carbonyl (C=O) groups excluding carboxylic acids is 2. The quantitative estimate of drug-likeness (QED) is 0.334. The molecule has 2 fully saturated rings. The first kappa shape index (κ1) is 39.2. The van der Waals surface area contributed by atoms with Crippen LogP contribution in [0.1, 0.15) is 70.8 Å². The van der Waals surface area contributed by atoms with Gasteiger partial charge in [-0.25, -0.2) is 17.2 Å². The van der Waals surface area contributed by atoms with Crippen molar-refractivity contribution in [3.05, 3.63) is 69.1 Å². The van der Waals surface area contributed by atoms with Crippen LogP contribution in [0.4, 0.5) is 30.7 Å². The van der Waals surface area contributed by atoms with Crippen molar-refractivity contribution < 1.29 is 58.6 Å². The molecule has 0 radical (unpaired) electrons. The van der Waals surface area contributed by atoms with E-state index in [1.54, 1.807) is 37.8 Å². The average Bonchev–Trinajstić information content (AvgIpc) is 3.37. The number of aliphatic hydroxyl groups is 1. The molecule has 3 aliphatic heterocycles. The summed E-state index contributed by atoms with van der Waals surface area (Å²) in [6.07, 6.45) is -7.12. The highest BCUT2D eigenvalue weighted by Gasteiger charge is 2.48. The molecule has 0 atom stereocenters. The third kappa shape index (κ3) is 8.28. The maximum atomic E-state index is 13.5. The molecule has 0 unspecified atom stereocenters. The second-order valence-electron chi connectivity index (χ2n) is 13.6. The summed E-state index contributed by atoms with van der Waals surface area (Å²) < 4.78 is 125. The van der Waals surface area contributed by atoms with E-state index >= 15 is 0 Å². The second kappa shape index (κ2) is 14.1. The van der Waals surface area contributed by atoms with Gasteiger partial charge in [-0.2, -0.15) is 26.3 Å². The smallest absolute Gasteiger partial charge is 0.419 e. The fourth-order valence-corrected chi connectivity index (χ4v) is 7.51. The number of rotatable bonds is 9. The first-order chi connectivity index (χ1) is 24.0. The van der Waals surface area contributed by atoms with Gasteiger partial charge in [0.25, 0.3) is 11.8 Å². The number of piperidine rings is 2. The molecule has 1 spiro atoms. The van der Waals surface area contributed by atoms with Gasteiger partial charge in [0.15, 0.2) is 6.61 Å². The zero-order valence-electron chi connectivity index (χ0n) is 28.4. The van der Waals surface area contributed by atoms with Crippen LogP contribution in [0.15, 0.2) is 40.7 Å². The fourth-order valence-electron chi connectivity index (χ4n) is 6.34. The number of halogens is 7. The van der Waals surface area contributed by atoms with E-state index in [4.69, 9.17) is 0 Å². The van der Waals surface area contributed by atoms with Gasteiger partial charge in [0.05, 0.1) is 11.2 Å². The van der Waals surface area contributed by atoms with E-state index in [0.29, 0.717) is 60.3 Å². The summed E-state index contributed by atoms with van der Waals surface area (Å²) >= 11 is 0. The van der Waals surface area contributed by atoms with E-state index in [-0.39, 0.29) is 43.2 Å². The van der Waals surface area contributed by atoms with Gasteiger partial charge in [-0.15, -0.1) is 0 Å². The summed E-state index contributed by atoms with van der Waals surface area (Å²) in [6, 6.07) is 5.42. The first-order valence-electron chi connectivity index (χ1n) is 16.3. The van der Waals surface area contributed by atoms with Crippen molar-refractivity contribution in [2.75, 3.05) is 32.8 Å². The van der Waals surface area contributed by atoms with E-state index in [0.717, 1.165) is 15.8 Å². The number of amides is 2. The van der Waals surface area contributed by atoms with Crippen molar-refractivity contribution in [3.63, 3.8) is 0 Å². The van der Waals surface area contributed by atoms with Gasteiger partial charge in [0.2, 0.25) is 10.0 Å². The Bertz CT molecular complexity index is 1870. The topological polar surface area (TPSA) is 129 Å². The van der Waals surface area contributed by atoms with Crippen LogP contribution in [0, 0.1) is 13.8 Å². The highest BCUT2D eigenvalue weighted by molar-refractivity contribution is 7.92. The van der Waals surface area contributed by atoms with Crippen molar-refractivity contribution in [2.45, 2.75) is 76.1 Å². The highest BCUT2D eigenvalue weighted by Crippen LogP contribution is 2.39. The third-order valence-corrected chi connectivity index (χ3v) is 11.1. The predicted octanol–water partition coefficient (Wildman–Crippen LogP) is 5.30. The Kier molecular flexibility index (Phi) is 10.6. The van der Waals surface area contributed by atoms with Crippen LogP contribution < -0.4 is 10.1 Å². The van der Waals surface area contributed by atoms with Gasteiger partial charge in [0.1, 0.15) is 17.1 Å². The first-order valence-corrected chi connectivity index (χ1v) is 17.8. The molecular formula is C34H37F7N4O6S. The number of carbonyl (C=O) groups is 2. The van der Waals surface area contributed by atoms with Gasteiger partial charge in [-0.05, 0) is 93.5 Å². The Morgan fingerprint density at radius 1 is 1.02 bits per heavy atom. The summed E-state index contributed by atoms with van der Waals surface area (Å²) in [7, 11) is -4.01. The molecule has 2 N–H and O–H groups in total. The van der Waals surface area contributed by atoms with Crippen molar-refractivity contribution in [1.29, 1.82) is 0 Å². The van der Waals surface area contributed by atoms with Crippen LogP contribution in [0.3, 0.4) is 0 Å². The number of benzene rings is 2. The predicted molar refractivity (Wildman–Crippen MR) is 176 cm³/mol. The highest BCUT2D eigenvalue weighted by atomic mass is 32.2. The lowest BCUT2D eigenvalue weighted by Crippen LogP contribution is -2.50. The minimum absolute atomic E-state index is 0.0964. The number of aliphatic imine (C=N–C) groups is 1. The molecule has 284 valence electrons. The Morgan fingerprint density at radius 2 is 1.62 bits per heavy atom. The molecule has 2 aromatic rings. The summed E-state index contributed by atoms with van der Waals surface area (Å²) in [5.41, 5.74) is -1.59. The molecule has 0 aromatic heterocycles. The Balaban J connectivity index is 1.28. The van der Waals surface area contributed by atoms with E-state index in [1.165, 1.54) is 6.08 Å². The number of aryl methyl sites for hydroxylation is 2. The second-order valence-corrected chi connectivity index (χ2v) is 15.4. The minimum atomic E-state index is -5.08. The molecule has 0 saturated carbocycles. The van der Waals surface area contributed by atoms with Gasteiger partial charge >= 0.3 is 18.5 Å². The van der Waals surface area contributed by atoms with Crippen molar-refractivity contribution in [1.82, 2.24) is 14.5 Å². The summed E-state index contributed by atoms with van der Waals surface area (Å²) in [4.78, 5) is 32.2. The van der Waals surface area contributed by atoms with E-state index in [2.05, 4.69) is 15.0 Å². The summed E-state index contributed by atoms with van der Waals surface area (Å²) in [5.74, 6) is -6.96. The average molecular weight is 763 g/mol. The molecule has 10 nitrogen and oxygen atoms in total. The number of hydrogen-bond acceptors (Lipinski definition) is 7. The number of nitrogens with zero attached hydrogens (tertiary/aromatic N) is 3. The molecule has 3 aliphatic rings. The van der Waals surface area contributed by atoms with Crippen LogP contribution in [-0.2, 0) is 21.0 Å². The lowest BCUT2D eigenvalue weighted by molar-refractivity contribution is -0.153. The lowest BCUT2D eigenvalue weighted by atomic mass is 9.89. The molecule has 0 aliphatic carbocycles. The molecule has 2 saturated heterocycles. The largest absolute Gasteiger partial charge is 0.486 e. The minimum Gasteiger partial charge on any atom is -0.486 e. The number of alkyl halides is 7. The van der Waals surface area contributed by atoms with E-state index in [1.807, 2.05) is 0 Å². The number of ether oxygens (including phenoxy) is 1. The molecule has 52 heavy (non-hydrogen) atoms. The number of nitrogens with one attached hydrogen (secondary N) is 1. The Hall–Kier alpha value is -4.03. The molecule has 18 heteroatoms. The van der Waals surface area contributed by atoms with Crippen LogP contribution in [0.25, 0.3) is 6.08 Å². The zero-order chi connectivity index (χ0) is 38.4. The molecule has 0 bridgehead atoms. The SMILES string of the molecule is Cc1cc(C(=O)N2CCC(C)(O)CC2)cc(C)c1C=CS(=O)(=O)N1CCC2(CC1)N=C(c1ccc(C(F)(F)F)c(OCC(F)(F)C(F)F)c1)NC2=O. The molecule has 2 amide bonds. The maximum Gasteiger partial charge on any atom is 0.419 e. The third-order valence-electron chi connectivity index (χ3n) is 9.56. The normalized spacial score (nSPS) is 19.7. The zero-order valence-corrected chi connectivity index (χ0v) is 29.2. The monoisotopic (exact) mass is 762 g/mol. The van der Waals surface area contributed by atoms with Gasteiger partial charge in [-0.3, -0.25) is 14.6 Å². The summed E-state index contributed by atoms with van der Waals surface area (Å²) in [5, 5.41) is 13.7.